The second-order valence-corrected chi connectivity index (χ2v) is 7.40. The van der Waals surface area contributed by atoms with Crippen molar-refractivity contribution in [3.63, 3.8) is 0 Å². The van der Waals surface area contributed by atoms with Crippen molar-refractivity contribution in [2.75, 3.05) is 6.54 Å². The van der Waals surface area contributed by atoms with Gasteiger partial charge < -0.3 is 10.4 Å². The lowest BCUT2D eigenvalue weighted by atomic mass is 9.69. The fourth-order valence-electron chi connectivity index (χ4n) is 2.21. The van der Waals surface area contributed by atoms with Gasteiger partial charge in [-0.05, 0) is 36.5 Å². The highest BCUT2D eigenvalue weighted by molar-refractivity contribution is 5.70. The molecular weight excluding hydrogens is 226 g/mol. The summed E-state index contributed by atoms with van der Waals surface area (Å²) in [6, 6.07) is 0.502. The average Bonchev–Trinajstić information content (AvgIpc) is 2.25. The molecular formula is C15H29NO2. The van der Waals surface area contributed by atoms with Crippen LogP contribution < -0.4 is 5.32 Å². The van der Waals surface area contributed by atoms with E-state index in [2.05, 4.69) is 39.9 Å². The van der Waals surface area contributed by atoms with Gasteiger partial charge in [0.15, 0.2) is 0 Å². The van der Waals surface area contributed by atoms with Crippen LogP contribution in [0.3, 0.4) is 0 Å². The molecule has 0 aliphatic heterocycles. The van der Waals surface area contributed by atoms with E-state index in [1.54, 1.807) is 0 Å². The van der Waals surface area contributed by atoms with Crippen LogP contribution in [-0.2, 0) is 4.79 Å². The van der Waals surface area contributed by atoms with E-state index >= 15 is 0 Å². The topological polar surface area (TPSA) is 49.3 Å². The molecule has 0 amide bonds. The summed E-state index contributed by atoms with van der Waals surface area (Å²) in [7, 11) is 0. The van der Waals surface area contributed by atoms with Crippen molar-refractivity contribution in [3.05, 3.63) is 0 Å². The molecule has 0 bridgehead atoms. The van der Waals surface area contributed by atoms with Gasteiger partial charge in [-0.15, -0.1) is 0 Å². The Morgan fingerprint density at radius 2 is 1.61 bits per heavy atom. The minimum atomic E-state index is -0.622. The minimum absolute atomic E-state index is 0.112. The molecule has 0 unspecified atom stereocenters. The number of nitrogens with one attached hydrogen (secondary N) is 1. The molecule has 0 heterocycles. The molecule has 3 nitrogen and oxygen atoms in total. The number of hydrogen-bond acceptors (Lipinski definition) is 2. The molecule has 0 spiro atoms. The van der Waals surface area contributed by atoms with E-state index in [0.717, 1.165) is 32.2 Å². The SMILES string of the molecule is CC(C)(C)C(C)(C)CNC1CCC(C(=O)O)CC1. The van der Waals surface area contributed by atoms with Gasteiger partial charge in [0, 0.05) is 12.6 Å². The van der Waals surface area contributed by atoms with Crippen LogP contribution in [0.2, 0.25) is 0 Å². The molecule has 0 atom stereocenters. The van der Waals surface area contributed by atoms with Crippen molar-refractivity contribution < 1.29 is 9.90 Å². The second-order valence-electron chi connectivity index (χ2n) is 7.40. The maximum Gasteiger partial charge on any atom is 0.306 e. The quantitative estimate of drug-likeness (QED) is 0.810. The lowest BCUT2D eigenvalue weighted by molar-refractivity contribution is -0.142. The highest BCUT2D eigenvalue weighted by Crippen LogP contribution is 2.37. The molecule has 0 saturated heterocycles. The zero-order chi connectivity index (χ0) is 14.0. The first-order valence-corrected chi connectivity index (χ1v) is 7.10. The highest BCUT2D eigenvalue weighted by atomic mass is 16.4. The van der Waals surface area contributed by atoms with Gasteiger partial charge in [0.25, 0.3) is 0 Å². The third-order valence-electron chi connectivity index (χ3n) is 4.94. The van der Waals surface area contributed by atoms with E-state index in [-0.39, 0.29) is 16.7 Å². The summed E-state index contributed by atoms with van der Waals surface area (Å²) >= 11 is 0. The summed E-state index contributed by atoms with van der Waals surface area (Å²) in [6.07, 6.45) is 3.64. The third kappa shape index (κ3) is 3.98. The second kappa shape index (κ2) is 5.60. The summed E-state index contributed by atoms with van der Waals surface area (Å²) in [4.78, 5) is 10.9. The molecule has 1 rings (SSSR count). The van der Waals surface area contributed by atoms with Crippen LogP contribution in [0.25, 0.3) is 0 Å². The first-order chi connectivity index (χ1) is 8.13. The van der Waals surface area contributed by atoms with Gasteiger partial charge in [0.1, 0.15) is 0 Å². The standard InChI is InChI=1S/C15H29NO2/c1-14(2,3)15(4,5)10-16-12-8-6-11(7-9-12)13(17)18/h11-12,16H,6-10H2,1-5H3,(H,17,18). The first kappa shape index (κ1) is 15.5. The van der Waals surface area contributed by atoms with Crippen molar-refractivity contribution in [2.24, 2.45) is 16.7 Å². The summed E-state index contributed by atoms with van der Waals surface area (Å²) in [5, 5.41) is 12.6. The number of aliphatic carboxylic acids is 1. The van der Waals surface area contributed by atoms with E-state index in [0.29, 0.717) is 6.04 Å². The predicted molar refractivity (Wildman–Crippen MR) is 74.6 cm³/mol. The number of hydrogen-bond donors (Lipinski definition) is 2. The van der Waals surface area contributed by atoms with Crippen molar-refractivity contribution in [3.8, 4) is 0 Å². The Bertz CT molecular complexity index is 283. The van der Waals surface area contributed by atoms with Crippen molar-refractivity contribution in [2.45, 2.75) is 66.3 Å². The molecule has 1 aliphatic carbocycles. The molecule has 1 aliphatic rings. The molecule has 1 fully saturated rings. The van der Waals surface area contributed by atoms with Gasteiger partial charge in [-0.25, -0.2) is 0 Å². The molecule has 3 heteroatoms. The number of carboxylic acid groups (broad SMARTS) is 1. The van der Waals surface area contributed by atoms with Gasteiger partial charge >= 0.3 is 5.97 Å². The monoisotopic (exact) mass is 255 g/mol. The van der Waals surface area contributed by atoms with Gasteiger partial charge in [-0.1, -0.05) is 34.6 Å². The fraction of sp³-hybridized carbons (Fsp3) is 0.933. The Hall–Kier alpha value is -0.570. The summed E-state index contributed by atoms with van der Waals surface area (Å²) in [5.74, 6) is -0.734. The molecule has 0 aromatic rings. The molecule has 1 saturated carbocycles. The lowest BCUT2D eigenvalue weighted by Crippen LogP contribution is -2.44. The Morgan fingerprint density at radius 3 is 2.00 bits per heavy atom. The van der Waals surface area contributed by atoms with Gasteiger partial charge in [-0.2, -0.15) is 0 Å². The maximum absolute atomic E-state index is 10.9. The van der Waals surface area contributed by atoms with E-state index < -0.39 is 5.97 Å². The molecule has 0 radical (unpaired) electrons. The van der Waals surface area contributed by atoms with Crippen LogP contribution >= 0.6 is 0 Å². The highest BCUT2D eigenvalue weighted by Gasteiger charge is 2.33. The zero-order valence-corrected chi connectivity index (χ0v) is 12.5. The number of rotatable bonds is 4. The van der Waals surface area contributed by atoms with Crippen LogP contribution in [-0.4, -0.2) is 23.7 Å². The predicted octanol–water partition coefficient (Wildman–Crippen LogP) is 3.29. The fourth-order valence-corrected chi connectivity index (χ4v) is 2.21. The first-order valence-electron chi connectivity index (χ1n) is 7.10. The van der Waals surface area contributed by atoms with Gasteiger partial charge in [0.2, 0.25) is 0 Å². The van der Waals surface area contributed by atoms with Crippen LogP contribution in [0.5, 0.6) is 0 Å². The van der Waals surface area contributed by atoms with E-state index in [4.69, 9.17) is 5.11 Å². The van der Waals surface area contributed by atoms with Crippen molar-refractivity contribution in [1.82, 2.24) is 5.32 Å². The Balaban J connectivity index is 2.36. The normalized spacial score (nSPS) is 26.1. The summed E-state index contributed by atoms with van der Waals surface area (Å²) < 4.78 is 0. The Labute approximate surface area is 111 Å². The smallest absolute Gasteiger partial charge is 0.306 e. The summed E-state index contributed by atoms with van der Waals surface area (Å²) in [5.41, 5.74) is 0.523. The van der Waals surface area contributed by atoms with E-state index in [1.165, 1.54) is 0 Å². The van der Waals surface area contributed by atoms with Gasteiger partial charge in [-0.3, -0.25) is 4.79 Å². The third-order valence-corrected chi connectivity index (χ3v) is 4.94. The van der Waals surface area contributed by atoms with Gasteiger partial charge in [0.05, 0.1) is 5.92 Å². The minimum Gasteiger partial charge on any atom is -0.481 e. The molecule has 106 valence electrons. The molecule has 18 heavy (non-hydrogen) atoms. The Kier molecular flexibility index (Phi) is 4.82. The average molecular weight is 255 g/mol. The van der Waals surface area contributed by atoms with Crippen LogP contribution in [0, 0.1) is 16.7 Å². The molecule has 0 aromatic carbocycles. The van der Waals surface area contributed by atoms with Crippen molar-refractivity contribution in [1.29, 1.82) is 0 Å². The van der Waals surface area contributed by atoms with E-state index in [1.807, 2.05) is 0 Å². The summed E-state index contributed by atoms with van der Waals surface area (Å²) in [6.45, 7) is 12.4. The largest absolute Gasteiger partial charge is 0.481 e. The Morgan fingerprint density at radius 1 is 1.11 bits per heavy atom. The molecule has 0 aromatic heterocycles. The van der Waals surface area contributed by atoms with Crippen LogP contribution in [0.15, 0.2) is 0 Å². The maximum atomic E-state index is 10.9. The zero-order valence-electron chi connectivity index (χ0n) is 12.5. The van der Waals surface area contributed by atoms with E-state index in [9.17, 15) is 4.79 Å². The van der Waals surface area contributed by atoms with Crippen molar-refractivity contribution >= 4 is 5.97 Å². The van der Waals surface area contributed by atoms with Crippen LogP contribution in [0.4, 0.5) is 0 Å². The number of carboxylic acids is 1. The number of carbonyl (C=O) groups is 1. The van der Waals surface area contributed by atoms with Crippen LogP contribution in [0.1, 0.15) is 60.3 Å². The molecule has 2 N–H and O–H groups in total. The lowest BCUT2D eigenvalue weighted by Gasteiger charge is -2.40.